The number of sulfonamides is 1. The monoisotopic (exact) mass is 335 g/mol. The maximum Gasteiger partial charge on any atom is 0.245 e. The van der Waals surface area contributed by atoms with Crippen molar-refractivity contribution >= 4 is 27.3 Å². The molecule has 0 bridgehead atoms. The van der Waals surface area contributed by atoms with Crippen molar-refractivity contribution in [1.82, 2.24) is 9.21 Å². The van der Waals surface area contributed by atoms with E-state index in [4.69, 9.17) is 17.3 Å². The second-order valence-corrected chi connectivity index (χ2v) is 7.61. The Kier molecular flexibility index (Phi) is 5.08. The van der Waals surface area contributed by atoms with Crippen LogP contribution in [-0.4, -0.2) is 50.8 Å². The van der Waals surface area contributed by atoms with Crippen LogP contribution in [0.5, 0.6) is 0 Å². The summed E-state index contributed by atoms with van der Waals surface area (Å²) in [5.41, 5.74) is 5.67. The van der Waals surface area contributed by atoms with E-state index in [-0.39, 0.29) is 10.7 Å². The molecule has 1 heterocycles. The van der Waals surface area contributed by atoms with Gasteiger partial charge >= 0.3 is 0 Å². The van der Waals surface area contributed by atoms with Crippen LogP contribution in [0.4, 0.5) is 10.1 Å². The molecule has 1 saturated heterocycles. The lowest BCUT2D eigenvalue weighted by Crippen LogP contribution is -2.35. The van der Waals surface area contributed by atoms with E-state index in [0.717, 1.165) is 36.3 Å². The number of nitrogens with two attached hydrogens (primary N) is 1. The lowest BCUT2D eigenvalue weighted by molar-refractivity contribution is 0.309. The highest BCUT2D eigenvalue weighted by Crippen LogP contribution is 2.27. The molecule has 2 N–H and O–H groups in total. The predicted octanol–water partition coefficient (Wildman–Crippen LogP) is 1.78. The minimum Gasteiger partial charge on any atom is -0.399 e. The average Bonchev–Trinajstić information content (AvgIpc) is 2.93. The molecule has 1 fully saturated rings. The van der Waals surface area contributed by atoms with Crippen LogP contribution in [0.3, 0.4) is 0 Å². The molecule has 21 heavy (non-hydrogen) atoms. The summed E-state index contributed by atoms with van der Waals surface area (Å²) in [5, 5.41) is -0.290. The van der Waals surface area contributed by atoms with E-state index in [1.165, 1.54) is 13.1 Å². The number of hydrogen-bond acceptors (Lipinski definition) is 4. The number of nitrogen functional groups attached to an aromatic ring is 1. The minimum atomic E-state index is -3.94. The van der Waals surface area contributed by atoms with Crippen molar-refractivity contribution in [2.75, 3.05) is 39.0 Å². The molecule has 1 aromatic rings. The predicted molar refractivity (Wildman–Crippen MR) is 81.3 cm³/mol. The van der Waals surface area contributed by atoms with Gasteiger partial charge in [-0.3, -0.25) is 0 Å². The van der Waals surface area contributed by atoms with Gasteiger partial charge in [0.15, 0.2) is 5.82 Å². The number of likely N-dealkylation sites (N-methyl/N-ethyl adjacent to an activating group) is 1. The van der Waals surface area contributed by atoms with Crippen LogP contribution in [0.1, 0.15) is 12.8 Å². The van der Waals surface area contributed by atoms with Gasteiger partial charge in [-0.1, -0.05) is 11.6 Å². The molecule has 0 atom stereocenters. The van der Waals surface area contributed by atoms with Gasteiger partial charge in [0.05, 0.1) is 5.02 Å². The summed E-state index contributed by atoms with van der Waals surface area (Å²) in [5.74, 6) is -0.959. The van der Waals surface area contributed by atoms with Gasteiger partial charge in [0.25, 0.3) is 0 Å². The molecule has 118 valence electrons. The Balaban J connectivity index is 2.16. The fraction of sp³-hybridized carbons (Fsp3) is 0.538. The van der Waals surface area contributed by atoms with Crippen molar-refractivity contribution < 1.29 is 12.8 Å². The average molecular weight is 336 g/mol. The molecule has 0 saturated carbocycles. The van der Waals surface area contributed by atoms with Crippen molar-refractivity contribution in [1.29, 1.82) is 0 Å². The summed E-state index contributed by atoms with van der Waals surface area (Å²) in [6.07, 6.45) is 2.27. The Hall–Kier alpha value is -0.890. The van der Waals surface area contributed by atoms with E-state index in [2.05, 4.69) is 4.90 Å². The first-order valence-corrected chi connectivity index (χ1v) is 8.57. The van der Waals surface area contributed by atoms with E-state index in [9.17, 15) is 12.8 Å². The lowest BCUT2D eigenvalue weighted by Gasteiger charge is -2.21. The number of likely N-dealkylation sites (tertiary alicyclic amines) is 1. The molecule has 0 radical (unpaired) electrons. The first-order valence-electron chi connectivity index (χ1n) is 6.75. The van der Waals surface area contributed by atoms with Gasteiger partial charge in [0, 0.05) is 25.8 Å². The molecule has 0 unspecified atom stereocenters. The SMILES string of the molecule is CN(CCN1CCCC1)S(=O)(=O)c1cc(N)cc(Cl)c1F. The van der Waals surface area contributed by atoms with E-state index in [1.807, 2.05) is 0 Å². The molecule has 1 aliphatic heterocycles. The molecule has 1 aliphatic rings. The van der Waals surface area contributed by atoms with Crippen molar-refractivity contribution in [3.63, 3.8) is 0 Å². The smallest absolute Gasteiger partial charge is 0.245 e. The zero-order valence-electron chi connectivity index (χ0n) is 11.8. The van der Waals surface area contributed by atoms with Gasteiger partial charge in [-0.05, 0) is 38.1 Å². The standard InChI is InChI=1S/C13H19ClFN3O2S/c1-17(6-7-18-4-2-3-5-18)21(19,20)12-9-10(16)8-11(14)13(12)15/h8-9H,2-7,16H2,1H3. The largest absolute Gasteiger partial charge is 0.399 e. The number of anilines is 1. The van der Waals surface area contributed by atoms with Gasteiger partial charge in [-0.25, -0.2) is 12.8 Å². The van der Waals surface area contributed by atoms with Crippen LogP contribution in [0, 0.1) is 5.82 Å². The summed E-state index contributed by atoms with van der Waals surface area (Å²) in [4.78, 5) is 1.71. The first kappa shape index (κ1) is 16.5. The molecule has 2 rings (SSSR count). The van der Waals surface area contributed by atoms with E-state index in [1.54, 1.807) is 0 Å². The fourth-order valence-corrected chi connectivity index (χ4v) is 3.91. The maximum absolute atomic E-state index is 14.0. The summed E-state index contributed by atoms with van der Waals surface area (Å²) < 4.78 is 39.9. The van der Waals surface area contributed by atoms with E-state index < -0.39 is 20.7 Å². The number of halogens is 2. The maximum atomic E-state index is 14.0. The molecule has 1 aromatic carbocycles. The van der Waals surface area contributed by atoms with Gasteiger partial charge < -0.3 is 10.6 Å². The Morgan fingerprint density at radius 1 is 1.38 bits per heavy atom. The highest BCUT2D eigenvalue weighted by atomic mass is 35.5. The van der Waals surface area contributed by atoms with Crippen molar-refractivity contribution in [2.45, 2.75) is 17.7 Å². The van der Waals surface area contributed by atoms with Crippen LogP contribution >= 0.6 is 11.6 Å². The molecule has 0 spiro atoms. The van der Waals surface area contributed by atoms with Crippen molar-refractivity contribution in [3.05, 3.63) is 23.0 Å². The van der Waals surface area contributed by atoms with Crippen molar-refractivity contribution in [2.24, 2.45) is 0 Å². The molecule has 0 aromatic heterocycles. The molecule has 5 nitrogen and oxygen atoms in total. The van der Waals surface area contributed by atoms with Crippen LogP contribution in [0.2, 0.25) is 5.02 Å². The Bertz CT molecular complexity index is 618. The Morgan fingerprint density at radius 3 is 2.62 bits per heavy atom. The molecular formula is C13H19ClFN3O2S. The van der Waals surface area contributed by atoms with Gasteiger partial charge in [-0.2, -0.15) is 4.31 Å². The zero-order valence-corrected chi connectivity index (χ0v) is 13.4. The van der Waals surface area contributed by atoms with Crippen LogP contribution < -0.4 is 5.73 Å². The number of rotatable bonds is 5. The van der Waals surface area contributed by atoms with Crippen LogP contribution in [0.25, 0.3) is 0 Å². The molecule has 8 heteroatoms. The Morgan fingerprint density at radius 2 is 2.00 bits per heavy atom. The second kappa shape index (κ2) is 6.48. The Labute approximate surface area is 129 Å². The van der Waals surface area contributed by atoms with Gasteiger partial charge in [0.1, 0.15) is 4.90 Å². The number of nitrogens with zero attached hydrogens (tertiary/aromatic N) is 2. The van der Waals surface area contributed by atoms with E-state index >= 15 is 0 Å². The highest BCUT2D eigenvalue weighted by Gasteiger charge is 2.27. The summed E-state index contributed by atoms with van der Waals surface area (Å²) >= 11 is 5.66. The number of benzene rings is 1. The quantitative estimate of drug-likeness (QED) is 0.833. The summed E-state index contributed by atoms with van der Waals surface area (Å²) in [6.45, 7) is 2.89. The fourth-order valence-electron chi connectivity index (χ4n) is 2.35. The third-order valence-electron chi connectivity index (χ3n) is 3.64. The van der Waals surface area contributed by atoms with Crippen LogP contribution in [0.15, 0.2) is 17.0 Å². The lowest BCUT2D eigenvalue weighted by atomic mass is 10.3. The van der Waals surface area contributed by atoms with E-state index in [0.29, 0.717) is 13.1 Å². The van der Waals surface area contributed by atoms with Gasteiger partial charge in [0.2, 0.25) is 10.0 Å². The van der Waals surface area contributed by atoms with Gasteiger partial charge in [-0.15, -0.1) is 0 Å². The molecule has 0 amide bonds. The highest BCUT2D eigenvalue weighted by molar-refractivity contribution is 7.89. The topological polar surface area (TPSA) is 66.6 Å². The first-order chi connectivity index (χ1) is 9.82. The second-order valence-electron chi connectivity index (χ2n) is 5.19. The summed E-state index contributed by atoms with van der Waals surface area (Å²) in [7, 11) is -2.51. The minimum absolute atomic E-state index is 0.118. The van der Waals surface area contributed by atoms with Crippen LogP contribution in [-0.2, 0) is 10.0 Å². The third-order valence-corrected chi connectivity index (χ3v) is 5.77. The summed E-state index contributed by atoms with van der Waals surface area (Å²) in [6, 6.07) is 2.29. The molecular weight excluding hydrogens is 317 g/mol. The molecule has 0 aliphatic carbocycles. The normalized spacial score (nSPS) is 16.8. The third kappa shape index (κ3) is 3.66. The zero-order chi connectivity index (χ0) is 15.6. The van der Waals surface area contributed by atoms with Crippen molar-refractivity contribution in [3.8, 4) is 0 Å². The number of hydrogen-bond donors (Lipinski definition) is 1.